The second kappa shape index (κ2) is 6.75. The molecule has 4 nitrogen and oxygen atoms in total. The zero-order valence-corrected chi connectivity index (χ0v) is 14.5. The lowest BCUT2D eigenvalue weighted by molar-refractivity contribution is 0.146. The van der Waals surface area contributed by atoms with Crippen LogP contribution in [0.3, 0.4) is 0 Å². The van der Waals surface area contributed by atoms with Crippen LogP contribution in [0.4, 0.5) is 0 Å². The third-order valence-corrected chi connectivity index (χ3v) is 6.68. The predicted octanol–water partition coefficient (Wildman–Crippen LogP) is 2.24. The first-order valence-electron chi connectivity index (χ1n) is 7.59. The molecule has 0 saturated carbocycles. The van der Waals surface area contributed by atoms with E-state index in [2.05, 4.69) is 19.2 Å². The zero-order valence-electron chi connectivity index (χ0n) is 13.7. The highest BCUT2D eigenvalue weighted by Gasteiger charge is 2.38. The lowest BCUT2D eigenvalue weighted by Gasteiger charge is -2.30. The van der Waals surface area contributed by atoms with Crippen LogP contribution in [-0.2, 0) is 14.6 Å². The van der Waals surface area contributed by atoms with Gasteiger partial charge in [-0.2, -0.15) is 0 Å². The number of hydrogen-bond donors (Lipinski definition) is 1. The smallest absolute Gasteiger partial charge is 0.155 e. The maximum atomic E-state index is 12.3. The van der Waals surface area contributed by atoms with Crippen molar-refractivity contribution in [3.8, 4) is 0 Å². The molecule has 1 rings (SSSR count). The molecular weight excluding hydrogens is 274 g/mol. The van der Waals surface area contributed by atoms with Crippen LogP contribution in [-0.4, -0.2) is 45.2 Å². The molecule has 1 fully saturated rings. The average Bonchev–Trinajstić information content (AvgIpc) is 2.74. The predicted molar refractivity (Wildman–Crippen MR) is 83.7 cm³/mol. The molecule has 0 aromatic rings. The molecule has 20 heavy (non-hydrogen) atoms. The first-order valence-corrected chi connectivity index (χ1v) is 9.24. The van der Waals surface area contributed by atoms with E-state index in [0.717, 1.165) is 26.1 Å². The van der Waals surface area contributed by atoms with Crippen LogP contribution in [0.15, 0.2) is 0 Å². The molecule has 1 N–H and O–H groups in total. The van der Waals surface area contributed by atoms with E-state index < -0.39 is 14.6 Å². The van der Waals surface area contributed by atoms with Crippen molar-refractivity contribution in [2.45, 2.75) is 52.2 Å². The summed E-state index contributed by atoms with van der Waals surface area (Å²) in [6.07, 6.45) is 1.65. The Hall–Kier alpha value is -0.130. The first kappa shape index (κ1) is 17.9. The summed E-state index contributed by atoms with van der Waals surface area (Å²) in [5, 5.41) is 3.47. The molecule has 5 heteroatoms. The summed E-state index contributed by atoms with van der Waals surface area (Å²) >= 11 is 0. The fourth-order valence-corrected chi connectivity index (χ4v) is 3.67. The third-order valence-electron chi connectivity index (χ3n) is 4.07. The summed E-state index contributed by atoms with van der Waals surface area (Å²) < 4.78 is 29.4. The molecule has 1 aliphatic rings. The van der Waals surface area contributed by atoms with Crippen molar-refractivity contribution >= 4 is 9.84 Å². The van der Waals surface area contributed by atoms with Crippen molar-refractivity contribution in [3.05, 3.63) is 0 Å². The van der Waals surface area contributed by atoms with Crippen LogP contribution in [0.5, 0.6) is 0 Å². The molecule has 0 amide bonds. The van der Waals surface area contributed by atoms with Crippen LogP contribution in [0.1, 0.15) is 47.5 Å². The SMILES string of the molecule is CC(C)CNCC1(CCS(=O)(=O)C(C)(C)C)CCOC1. The Morgan fingerprint density at radius 1 is 1.30 bits per heavy atom. The van der Waals surface area contributed by atoms with Crippen molar-refractivity contribution in [1.82, 2.24) is 5.32 Å². The minimum absolute atomic E-state index is 0.00674. The fraction of sp³-hybridized carbons (Fsp3) is 1.00. The second-order valence-electron chi connectivity index (χ2n) is 7.51. The van der Waals surface area contributed by atoms with Gasteiger partial charge in [0.15, 0.2) is 9.84 Å². The van der Waals surface area contributed by atoms with E-state index in [4.69, 9.17) is 4.74 Å². The van der Waals surface area contributed by atoms with Gasteiger partial charge >= 0.3 is 0 Å². The zero-order chi connectivity index (χ0) is 15.4. The Labute approximate surface area is 124 Å². The van der Waals surface area contributed by atoms with Gasteiger partial charge in [0.1, 0.15) is 0 Å². The molecular formula is C15H31NO3S. The number of hydrogen-bond acceptors (Lipinski definition) is 4. The Bertz CT molecular complexity index is 390. The molecule has 0 aliphatic carbocycles. The Kier molecular flexibility index (Phi) is 6.05. The molecule has 1 aliphatic heterocycles. The van der Waals surface area contributed by atoms with E-state index in [1.165, 1.54) is 0 Å². The van der Waals surface area contributed by atoms with Gasteiger partial charge in [-0.25, -0.2) is 8.42 Å². The monoisotopic (exact) mass is 305 g/mol. The summed E-state index contributed by atoms with van der Waals surface area (Å²) in [5.74, 6) is 0.858. The van der Waals surface area contributed by atoms with Gasteiger partial charge in [0.05, 0.1) is 17.1 Å². The molecule has 0 aromatic carbocycles. The largest absolute Gasteiger partial charge is 0.381 e. The van der Waals surface area contributed by atoms with Gasteiger partial charge in [-0.15, -0.1) is 0 Å². The average molecular weight is 305 g/mol. The van der Waals surface area contributed by atoms with Crippen molar-refractivity contribution in [2.75, 3.05) is 32.1 Å². The summed E-state index contributed by atoms with van der Waals surface area (Å²) in [5.41, 5.74) is -0.00674. The van der Waals surface area contributed by atoms with Crippen molar-refractivity contribution in [3.63, 3.8) is 0 Å². The van der Waals surface area contributed by atoms with Gasteiger partial charge in [-0.1, -0.05) is 13.8 Å². The van der Waals surface area contributed by atoms with E-state index >= 15 is 0 Å². The molecule has 120 valence electrons. The van der Waals surface area contributed by atoms with E-state index in [9.17, 15) is 8.42 Å². The lowest BCUT2D eigenvalue weighted by Crippen LogP contribution is -2.39. The molecule has 1 unspecified atom stereocenters. The van der Waals surface area contributed by atoms with Crippen LogP contribution in [0.2, 0.25) is 0 Å². The Morgan fingerprint density at radius 2 is 1.95 bits per heavy atom. The van der Waals surface area contributed by atoms with E-state index in [1.807, 2.05) is 0 Å². The number of sulfone groups is 1. The summed E-state index contributed by atoms with van der Waals surface area (Å²) in [6, 6.07) is 0. The normalized spacial score (nSPS) is 24.5. The summed E-state index contributed by atoms with van der Waals surface area (Å²) in [6.45, 7) is 12.9. The maximum Gasteiger partial charge on any atom is 0.155 e. The molecule has 1 heterocycles. The van der Waals surface area contributed by atoms with Crippen molar-refractivity contribution < 1.29 is 13.2 Å². The van der Waals surface area contributed by atoms with E-state index in [0.29, 0.717) is 18.9 Å². The first-order chi connectivity index (χ1) is 9.08. The van der Waals surface area contributed by atoms with Crippen LogP contribution in [0, 0.1) is 11.3 Å². The molecule has 1 saturated heterocycles. The Balaban J connectivity index is 2.59. The van der Waals surface area contributed by atoms with E-state index in [-0.39, 0.29) is 11.2 Å². The summed E-state index contributed by atoms with van der Waals surface area (Å²) in [7, 11) is -3.05. The van der Waals surface area contributed by atoms with Gasteiger partial charge in [-0.05, 0) is 46.1 Å². The van der Waals surface area contributed by atoms with Crippen molar-refractivity contribution in [2.24, 2.45) is 11.3 Å². The lowest BCUT2D eigenvalue weighted by atomic mass is 9.84. The standard InChI is InChI=1S/C15H31NO3S/c1-13(2)10-16-11-15(6-8-19-12-15)7-9-20(17,18)14(3,4)5/h13,16H,6-12H2,1-5H3. The van der Waals surface area contributed by atoms with Gasteiger partial charge in [0, 0.05) is 18.6 Å². The highest BCUT2D eigenvalue weighted by molar-refractivity contribution is 7.92. The number of ether oxygens (including phenoxy) is 1. The minimum atomic E-state index is -3.05. The maximum absolute atomic E-state index is 12.3. The van der Waals surface area contributed by atoms with Gasteiger partial charge in [0.2, 0.25) is 0 Å². The molecule has 0 bridgehead atoms. The van der Waals surface area contributed by atoms with E-state index in [1.54, 1.807) is 20.8 Å². The van der Waals surface area contributed by atoms with Gasteiger partial charge in [-0.3, -0.25) is 0 Å². The highest BCUT2D eigenvalue weighted by Crippen LogP contribution is 2.33. The van der Waals surface area contributed by atoms with Crippen molar-refractivity contribution in [1.29, 1.82) is 0 Å². The van der Waals surface area contributed by atoms with Crippen LogP contribution in [0.25, 0.3) is 0 Å². The molecule has 0 aromatic heterocycles. The highest BCUT2D eigenvalue weighted by atomic mass is 32.2. The molecule has 1 atom stereocenters. The van der Waals surface area contributed by atoms with Gasteiger partial charge < -0.3 is 10.1 Å². The second-order valence-corrected chi connectivity index (χ2v) is 10.4. The number of nitrogens with one attached hydrogen (secondary N) is 1. The number of rotatable bonds is 7. The summed E-state index contributed by atoms with van der Waals surface area (Å²) in [4.78, 5) is 0. The topological polar surface area (TPSA) is 55.4 Å². The fourth-order valence-electron chi connectivity index (χ4n) is 2.36. The van der Waals surface area contributed by atoms with Crippen LogP contribution < -0.4 is 5.32 Å². The van der Waals surface area contributed by atoms with Gasteiger partial charge in [0.25, 0.3) is 0 Å². The quantitative estimate of drug-likeness (QED) is 0.784. The Morgan fingerprint density at radius 3 is 2.40 bits per heavy atom. The molecule has 0 radical (unpaired) electrons. The minimum Gasteiger partial charge on any atom is -0.381 e. The van der Waals surface area contributed by atoms with Crippen LogP contribution >= 0.6 is 0 Å². The third kappa shape index (κ3) is 5.01. The molecule has 0 spiro atoms.